The summed E-state index contributed by atoms with van der Waals surface area (Å²) < 4.78 is 13.7. The summed E-state index contributed by atoms with van der Waals surface area (Å²) in [5, 5.41) is 9.69. The van der Waals surface area contributed by atoms with Crippen LogP contribution in [0.4, 0.5) is 4.39 Å². The second-order valence-corrected chi connectivity index (χ2v) is 6.32. The van der Waals surface area contributed by atoms with E-state index in [1.165, 1.54) is 6.07 Å². The number of benzene rings is 1. The van der Waals surface area contributed by atoms with Gasteiger partial charge in [0.05, 0.1) is 12.5 Å². The SMILES string of the molecule is C[C@@H](C(=O)NCc1nc(C(C)(C)C)n[nH]1)c1ccccc1F. The molecule has 1 heterocycles. The number of rotatable bonds is 4. The number of hydrogen-bond donors (Lipinski definition) is 2. The first-order valence-electron chi connectivity index (χ1n) is 7.23. The average molecular weight is 304 g/mol. The molecule has 0 aliphatic carbocycles. The standard InChI is InChI=1S/C16H21FN4O/c1-10(11-7-5-6-8-12(11)17)14(22)18-9-13-19-15(21-20-13)16(2,3)4/h5-8,10H,9H2,1-4H3,(H,18,22)(H,19,20,21)/t10-/m1/s1. The highest BCUT2D eigenvalue weighted by Crippen LogP contribution is 2.19. The van der Waals surface area contributed by atoms with E-state index in [-0.39, 0.29) is 23.7 Å². The first-order chi connectivity index (χ1) is 10.3. The minimum atomic E-state index is -0.564. The van der Waals surface area contributed by atoms with Gasteiger partial charge in [0.25, 0.3) is 0 Å². The van der Waals surface area contributed by atoms with E-state index in [9.17, 15) is 9.18 Å². The highest BCUT2D eigenvalue weighted by atomic mass is 19.1. The van der Waals surface area contributed by atoms with Crippen LogP contribution in [0.2, 0.25) is 0 Å². The number of amides is 1. The Hall–Kier alpha value is -2.24. The Morgan fingerprint density at radius 2 is 2.05 bits per heavy atom. The molecule has 0 spiro atoms. The van der Waals surface area contributed by atoms with E-state index >= 15 is 0 Å². The number of nitrogens with zero attached hydrogens (tertiary/aromatic N) is 2. The fraction of sp³-hybridized carbons (Fsp3) is 0.438. The predicted molar refractivity (Wildman–Crippen MR) is 81.7 cm³/mol. The maximum Gasteiger partial charge on any atom is 0.227 e. The van der Waals surface area contributed by atoms with Crippen LogP contribution in [0.15, 0.2) is 24.3 Å². The van der Waals surface area contributed by atoms with Gasteiger partial charge in [0.1, 0.15) is 11.6 Å². The second kappa shape index (κ2) is 6.25. The summed E-state index contributed by atoms with van der Waals surface area (Å²) in [7, 11) is 0. The zero-order chi connectivity index (χ0) is 16.3. The van der Waals surface area contributed by atoms with Crippen LogP contribution in [0, 0.1) is 5.82 Å². The van der Waals surface area contributed by atoms with Gasteiger partial charge in [-0.15, -0.1) is 0 Å². The Kier molecular flexibility index (Phi) is 4.59. The van der Waals surface area contributed by atoms with Crippen LogP contribution < -0.4 is 5.32 Å². The van der Waals surface area contributed by atoms with E-state index in [4.69, 9.17) is 0 Å². The van der Waals surface area contributed by atoms with Crippen molar-refractivity contribution >= 4 is 5.91 Å². The number of aromatic nitrogens is 3. The molecular weight excluding hydrogens is 283 g/mol. The summed E-state index contributed by atoms with van der Waals surface area (Å²) >= 11 is 0. The van der Waals surface area contributed by atoms with E-state index in [0.717, 1.165) is 0 Å². The highest BCUT2D eigenvalue weighted by Gasteiger charge is 2.21. The Morgan fingerprint density at radius 3 is 2.64 bits per heavy atom. The molecule has 0 fully saturated rings. The molecule has 22 heavy (non-hydrogen) atoms. The summed E-state index contributed by atoms with van der Waals surface area (Å²) in [5.74, 6) is 0.0859. The van der Waals surface area contributed by atoms with Crippen molar-refractivity contribution in [3.8, 4) is 0 Å². The van der Waals surface area contributed by atoms with Gasteiger partial charge in [0.15, 0.2) is 5.82 Å². The molecule has 2 rings (SSSR count). The molecule has 5 nitrogen and oxygen atoms in total. The van der Waals surface area contributed by atoms with Crippen LogP contribution in [-0.4, -0.2) is 21.1 Å². The molecule has 1 aromatic heterocycles. The molecular formula is C16H21FN4O. The molecule has 2 aromatic rings. The summed E-state index contributed by atoms with van der Waals surface area (Å²) in [6.07, 6.45) is 0. The third-order valence-corrected chi connectivity index (χ3v) is 3.40. The summed E-state index contributed by atoms with van der Waals surface area (Å²) in [4.78, 5) is 16.5. The van der Waals surface area contributed by atoms with E-state index in [1.54, 1.807) is 25.1 Å². The van der Waals surface area contributed by atoms with Crippen LogP contribution in [0.25, 0.3) is 0 Å². The van der Waals surface area contributed by atoms with E-state index in [0.29, 0.717) is 17.2 Å². The topological polar surface area (TPSA) is 70.7 Å². The lowest BCUT2D eigenvalue weighted by Crippen LogP contribution is -2.28. The molecule has 118 valence electrons. The van der Waals surface area contributed by atoms with Gasteiger partial charge in [-0.05, 0) is 18.6 Å². The molecule has 0 aliphatic rings. The first kappa shape index (κ1) is 16.1. The van der Waals surface area contributed by atoms with Gasteiger partial charge in [-0.3, -0.25) is 9.89 Å². The maximum absolute atomic E-state index is 13.7. The monoisotopic (exact) mass is 304 g/mol. The molecule has 6 heteroatoms. The minimum Gasteiger partial charge on any atom is -0.348 e. The maximum atomic E-state index is 13.7. The molecule has 0 unspecified atom stereocenters. The van der Waals surface area contributed by atoms with E-state index in [2.05, 4.69) is 20.5 Å². The van der Waals surface area contributed by atoms with E-state index in [1.807, 2.05) is 20.8 Å². The molecule has 0 aliphatic heterocycles. The lowest BCUT2D eigenvalue weighted by molar-refractivity contribution is -0.122. The third-order valence-electron chi connectivity index (χ3n) is 3.40. The molecule has 1 atom stereocenters. The van der Waals surface area contributed by atoms with Gasteiger partial charge >= 0.3 is 0 Å². The first-order valence-corrected chi connectivity index (χ1v) is 7.23. The summed E-state index contributed by atoms with van der Waals surface area (Å²) in [6, 6.07) is 6.29. The van der Waals surface area contributed by atoms with Crippen LogP contribution in [0.5, 0.6) is 0 Å². The molecule has 1 aromatic carbocycles. The Morgan fingerprint density at radius 1 is 1.36 bits per heavy atom. The number of nitrogens with one attached hydrogen (secondary N) is 2. The van der Waals surface area contributed by atoms with Crippen LogP contribution in [0.1, 0.15) is 50.8 Å². The van der Waals surface area contributed by atoms with Crippen molar-refractivity contribution in [3.05, 3.63) is 47.3 Å². The van der Waals surface area contributed by atoms with Crippen molar-refractivity contribution in [1.29, 1.82) is 0 Å². The van der Waals surface area contributed by atoms with Gasteiger partial charge in [-0.2, -0.15) is 5.10 Å². The molecule has 0 radical (unpaired) electrons. The van der Waals surface area contributed by atoms with Crippen molar-refractivity contribution < 1.29 is 9.18 Å². The second-order valence-electron chi connectivity index (χ2n) is 6.32. The molecule has 1 amide bonds. The third kappa shape index (κ3) is 3.69. The van der Waals surface area contributed by atoms with Crippen LogP contribution >= 0.6 is 0 Å². The van der Waals surface area contributed by atoms with E-state index < -0.39 is 5.92 Å². The molecule has 0 bridgehead atoms. The van der Waals surface area contributed by atoms with Gasteiger partial charge in [-0.25, -0.2) is 9.37 Å². The van der Waals surface area contributed by atoms with Gasteiger partial charge in [0, 0.05) is 5.41 Å². The highest BCUT2D eigenvalue weighted by molar-refractivity contribution is 5.83. The number of aromatic amines is 1. The van der Waals surface area contributed by atoms with Crippen LogP contribution in [0.3, 0.4) is 0 Å². The molecule has 0 saturated heterocycles. The van der Waals surface area contributed by atoms with Crippen molar-refractivity contribution in [3.63, 3.8) is 0 Å². The molecule has 2 N–H and O–H groups in total. The normalized spacial score (nSPS) is 13.0. The zero-order valence-electron chi connectivity index (χ0n) is 13.3. The van der Waals surface area contributed by atoms with Crippen molar-refractivity contribution in [2.24, 2.45) is 0 Å². The Bertz CT molecular complexity index is 660. The van der Waals surface area contributed by atoms with Gasteiger partial charge < -0.3 is 5.32 Å². The van der Waals surface area contributed by atoms with Crippen molar-refractivity contribution in [2.45, 2.75) is 45.6 Å². The van der Waals surface area contributed by atoms with Crippen LogP contribution in [-0.2, 0) is 16.8 Å². The largest absolute Gasteiger partial charge is 0.348 e. The Labute approximate surface area is 129 Å². The smallest absolute Gasteiger partial charge is 0.227 e. The van der Waals surface area contributed by atoms with Crippen molar-refractivity contribution in [2.75, 3.05) is 0 Å². The van der Waals surface area contributed by atoms with Gasteiger partial charge in [-0.1, -0.05) is 39.0 Å². The number of carbonyl (C=O) groups excluding carboxylic acids is 1. The fourth-order valence-electron chi connectivity index (χ4n) is 2.00. The number of H-pyrrole nitrogens is 1. The number of hydrogen-bond acceptors (Lipinski definition) is 3. The van der Waals surface area contributed by atoms with Gasteiger partial charge in [0.2, 0.25) is 5.91 Å². The lowest BCUT2D eigenvalue weighted by Gasteiger charge is -2.13. The summed E-state index contributed by atoms with van der Waals surface area (Å²) in [6.45, 7) is 7.95. The summed E-state index contributed by atoms with van der Waals surface area (Å²) in [5.41, 5.74) is 0.229. The number of carbonyl (C=O) groups is 1. The fourth-order valence-corrected chi connectivity index (χ4v) is 2.00. The predicted octanol–water partition coefficient (Wildman–Crippen LogP) is 2.66. The quantitative estimate of drug-likeness (QED) is 0.912. The zero-order valence-corrected chi connectivity index (χ0v) is 13.3. The Balaban J connectivity index is 1.98. The molecule has 0 saturated carbocycles. The lowest BCUT2D eigenvalue weighted by atomic mass is 9.96. The average Bonchev–Trinajstić information content (AvgIpc) is 2.93. The minimum absolute atomic E-state index is 0.154. The van der Waals surface area contributed by atoms with Crippen molar-refractivity contribution in [1.82, 2.24) is 20.5 Å². The number of halogens is 1.